The Morgan fingerprint density at radius 2 is 1.80 bits per heavy atom. The lowest BCUT2D eigenvalue weighted by Gasteiger charge is -2.36. The van der Waals surface area contributed by atoms with Crippen molar-refractivity contribution in [3.63, 3.8) is 0 Å². The predicted molar refractivity (Wildman–Crippen MR) is 224 cm³/mol. The highest BCUT2D eigenvalue weighted by atomic mass is 19.1. The minimum atomic E-state index is -1.16. The van der Waals surface area contributed by atoms with Gasteiger partial charge in [-0.25, -0.2) is 18.7 Å². The Balaban J connectivity index is 0.905. The van der Waals surface area contributed by atoms with Crippen molar-refractivity contribution in [2.24, 2.45) is 0 Å². The average molecular weight is 799 g/mol. The Kier molecular flexibility index (Phi) is 10.8. The third-order valence-corrected chi connectivity index (χ3v) is 10.5. The summed E-state index contributed by atoms with van der Waals surface area (Å²) in [6, 6.07) is 20.9. The van der Waals surface area contributed by atoms with Crippen LogP contribution in [-0.4, -0.2) is 81.0 Å². The molecule has 6 N–H and O–H groups in total. The minimum absolute atomic E-state index is 0.210. The number of hydrogen-bond donors (Lipinski definition) is 6. The summed E-state index contributed by atoms with van der Waals surface area (Å²) in [4.78, 5) is 46.8. The summed E-state index contributed by atoms with van der Waals surface area (Å²) in [5, 5.41) is 23.1. The molecule has 59 heavy (non-hydrogen) atoms. The van der Waals surface area contributed by atoms with Crippen LogP contribution in [0.1, 0.15) is 51.4 Å². The van der Waals surface area contributed by atoms with Gasteiger partial charge in [0.2, 0.25) is 5.95 Å². The number of pyridine rings is 1. The number of amides is 2. The standard InChI is InChI=1S/C44H44F2N10O3/c1-4-15-47-42(58)33-24-49-43(54-40(33)53-37-7-5-6-36(52-37)44(2,3)59)50-29-10-12-30(13-11-29)56-19-17-55(18-20-56)25-27-9-8-26(21-34(27)46)39-31-14-16-48-41(57)32-22-28(45)23-35(51-39)38(31)32/h4-13,21-24,51,59H,1,14-20,25H2,2-3H3,(H,47,58)(H,48,57)(H2,49,50,52,53,54). The highest BCUT2D eigenvalue weighted by molar-refractivity contribution is 6.10. The Morgan fingerprint density at radius 3 is 2.54 bits per heavy atom. The average Bonchev–Trinajstić information content (AvgIpc) is 3.49. The molecule has 2 amide bonds. The smallest absolute Gasteiger partial charge is 0.256 e. The molecule has 6 aromatic rings. The molecule has 2 aliphatic rings. The number of nitrogens with one attached hydrogen (secondary N) is 5. The molecule has 0 spiro atoms. The van der Waals surface area contributed by atoms with Gasteiger partial charge in [-0.05, 0) is 80.4 Å². The zero-order valence-electron chi connectivity index (χ0n) is 32.7. The third kappa shape index (κ3) is 8.47. The van der Waals surface area contributed by atoms with Crippen LogP contribution in [0, 0.1) is 11.6 Å². The van der Waals surface area contributed by atoms with Crippen LogP contribution in [0.5, 0.6) is 0 Å². The normalized spacial score (nSPS) is 14.5. The Bertz CT molecular complexity index is 2560. The molecule has 1 fully saturated rings. The van der Waals surface area contributed by atoms with Crippen LogP contribution in [0.3, 0.4) is 0 Å². The van der Waals surface area contributed by atoms with Crippen molar-refractivity contribution in [2.45, 2.75) is 32.4 Å². The summed E-state index contributed by atoms with van der Waals surface area (Å²) in [7, 11) is 0. The van der Waals surface area contributed by atoms with Gasteiger partial charge in [-0.2, -0.15) is 4.98 Å². The number of hydrogen-bond acceptors (Lipinski definition) is 10. The lowest BCUT2D eigenvalue weighted by atomic mass is 9.99. The molecule has 8 rings (SSSR count). The number of H-pyrrole nitrogens is 1. The molecule has 0 saturated carbocycles. The van der Waals surface area contributed by atoms with E-state index in [2.05, 4.69) is 57.6 Å². The monoisotopic (exact) mass is 798 g/mol. The first-order valence-corrected chi connectivity index (χ1v) is 19.4. The van der Waals surface area contributed by atoms with E-state index in [4.69, 9.17) is 0 Å². The summed E-state index contributed by atoms with van der Waals surface area (Å²) in [5.41, 5.74) is 4.91. The van der Waals surface area contributed by atoms with Crippen molar-refractivity contribution in [3.8, 4) is 11.3 Å². The number of piperazine rings is 1. The van der Waals surface area contributed by atoms with Crippen LogP contribution in [0.25, 0.3) is 22.2 Å². The Morgan fingerprint density at radius 1 is 1.00 bits per heavy atom. The number of aromatic amines is 1. The van der Waals surface area contributed by atoms with Gasteiger partial charge in [0.15, 0.2) is 0 Å². The van der Waals surface area contributed by atoms with E-state index in [0.717, 1.165) is 43.1 Å². The van der Waals surface area contributed by atoms with E-state index in [1.807, 2.05) is 36.4 Å². The van der Waals surface area contributed by atoms with Crippen LogP contribution in [0.2, 0.25) is 0 Å². The van der Waals surface area contributed by atoms with Gasteiger partial charge in [-0.15, -0.1) is 6.58 Å². The van der Waals surface area contributed by atoms with Crippen molar-refractivity contribution >= 4 is 51.7 Å². The van der Waals surface area contributed by atoms with Crippen LogP contribution >= 0.6 is 0 Å². The summed E-state index contributed by atoms with van der Waals surface area (Å²) >= 11 is 0. The number of halogens is 2. The maximum atomic E-state index is 15.7. The fraction of sp³-hybridized carbons (Fsp3) is 0.250. The number of carbonyl (C=O) groups excluding carboxylic acids is 2. The Hall–Kier alpha value is -6.71. The molecular formula is C44H44F2N10O3. The van der Waals surface area contributed by atoms with Gasteiger partial charge in [0.25, 0.3) is 11.8 Å². The number of aromatic nitrogens is 4. The summed E-state index contributed by atoms with van der Waals surface area (Å²) in [5.74, 6) is -0.629. The van der Waals surface area contributed by atoms with E-state index >= 15 is 4.39 Å². The van der Waals surface area contributed by atoms with Crippen LogP contribution in [0.4, 0.5) is 37.7 Å². The first kappa shape index (κ1) is 39.1. The maximum absolute atomic E-state index is 15.7. The molecule has 0 radical (unpaired) electrons. The number of benzene rings is 3. The summed E-state index contributed by atoms with van der Waals surface area (Å²) < 4.78 is 30.0. The van der Waals surface area contributed by atoms with E-state index in [-0.39, 0.29) is 47.1 Å². The number of nitrogens with zero attached hydrogens (tertiary/aromatic N) is 5. The van der Waals surface area contributed by atoms with Crippen molar-refractivity contribution in [3.05, 3.63) is 131 Å². The minimum Gasteiger partial charge on any atom is -0.384 e. The second-order valence-corrected chi connectivity index (χ2v) is 15.1. The molecule has 0 bridgehead atoms. The lowest BCUT2D eigenvalue weighted by molar-refractivity contribution is 0.0739. The van der Waals surface area contributed by atoms with Crippen molar-refractivity contribution in [1.29, 1.82) is 0 Å². The number of aliphatic hydroxyl groups is 1. The van der Waals surface area contributed by atoms with Crippen LogP contribution in [-0.2, 0) is 18.6 Å². The van der Waals surface area contributed by atoms with Crippen molar-refractivity contribution < 1.29 is 23.5 Å². The second kappa shape index (κ2) is 16.3. The van der Waals surface area contributed by atoms with Gasteiger partial charge in [-0.1, -0.05) is 24.3 Å². The van der Waals surface area contributed by atoms with Gasteiger partial charge in [0, 0.05) is 91.1 Å². The van der Waals surface area contributed by atoms with Crippen molar-refractivity contribution in [2.75, 3.05) is 54.8 Å². The van der Waals surface area contributed by atoms with E-state index in [0.29, 0.717) is 58.7 Å². The number of anilines is 5. The molecule has 13 nitrogen and oxygen atoms in total. The molecular weight excluding hydrogens is 755 g/mol. The van der Waals surface area contributed by atoms with Gasteiger partial charge >= 0.3 is 0 Å². The number of carbonyl (C=O) groups is 2. The molecule has 2 aliphatic heterocycles. The molecule has 1 saturated heterocycles. The molecule has 3 aromatic carbocycles. The molecule has 0 aliphatic carbocycles. The first-order chi connectivity index (χ1) is 28.4. The first-order valence-electron chi connectivity index (χ1n) is 19.4. The SMILES string of the molecule is C=CCNC(=O)c1cnc(Nc2ccc(N3CCN(Cc4ccc(-c5[nH]c6cc(F)cc7c6c5CCNC7=O)cc4F)CC3)cc2)nc1Nc1cccc(C(C)(C)O)n1. The molecule has 0 atom stereocenters. The largest absolute Gasteiger partial charge is 0.384 e. The Labute approximate surface area is 339 Å². The highest BCUT2D eigenvalue weighted by Crippen LogP contribution is 2.36. The summed E-state index contributed by atoms with van der Waals surface area (Å²) in [6.07, 6.45) is 3.56. The third-order valence-electron chi connectivity index (χ3n) is 10.5. The maximum Gasteiger partial charge on any atom is 0.256 e. The van der Waals surface area contributed by atoms with Gasteiger partial charge < -0.3 is 36.3 Å². The quantitative estimate of drug-likeness (QED) is 0.0751. The second-order valence-electron chi connectivity index (χ2n) is 15.1. The fourth-order valence-electron chi connectivity index (χ4n) is 7.49. The molecule has 15 heteroatoms. The zero-order chi connectivity index (χ0) is 41.3. The predicted octanol–water partition coefficient (Wildman–Crippen LogP) is 6.54. The van der Waals surface area contributed by atoms with Crippen molar-refractivity contribution in [1.82, 2.24) is 35.5 Å². The van der Waals surface area contributed by atoms with Gasteiger partial charge in [0.05, 0.1) is 11.3 Å². The highest BCUT2D eigenvalue weighted by Gasteiger charge is 2.25. The van der Waals surface area contributed by atoms with Crippen LogP contribution in [0.15, 0.2) is 91.6 Å². The van der Waals surface area contributed by atoms with E-state index in [1.165, 1.54) is 24.4 Å². The topological polar surface area (TPSA) is 163 Å². The zero-order valence-corrected chi connectivity index (χ0v) is 32.7. The fourth-order valence-corrected chi connectivity index (χ4v) is 7.49. The summed E-state index contributed by atoms with van der Waals surface area (Å²) in [6.45, 7) is 11.1. The van der Waals surface area contributed by atoms with Gasteiger partial charge in [-0.3, -0.25) is 14.5 Å². The molecule has 0 unspecified atom stereocenters. The van der Waals surface area contributed by atoms with E-state index < -0.39 is 11.4 Å². The molecule has 302 valence electrons. The van der Waals surface area contributed by atoms with E-state index in [9.17, 15) is 19.1 Å². The van der Waals surface area contributed by atoms with Crippen LogP contribution < -0.4 is 26.2 Å². The molecule has 3 aromatic heterocycles. The number of rotatable bonds is 12. The van der Waals surface area contributed by atoms with E-state index in [1.54, 1.807) is 38.1 Å². The van der Waals surface area contributed by atoms with Gasteiger partial charge in [0.1, 0.15) is 34.4 Å². The molecule has 5 heterocycles. The lowest BCUT2D eigenvalue weighted by Crippen LogP contribution is -2.46.